The highest BCUT2D eigenvalue weighted by Gasteiger charge is 2.38. The van der Waals surface area contributed by atoms with Gasteiger partial charge >= 0.3 is 0 Å². The first-order chi connectivity index (χ1) is 41.2. The van der Waals surface area contributed by atoms with Gasteiger partial charge in [-0.1, -0.05) is 204 Å². The lowest BCUT2D eigenvalue weighted by Gasteiger charge is -2.12. The molecule has 0 atom stereocenters. The number of aromatic nitrogens is 3. The molecule has 5 aromatic carbocycles. The summed E-state index contributed by atoms with van der Waals surface area (Å²) in [6, 6.07) is 43.5. The summed E-state index contributed by atoms with van der Waals surface area (Å²) in [6.07, 6.45) is 0.833. The maximum Gasteiger partial charge on any atom is 0.235 e. The van der Waals surface area contributed by atoms with E-state index in [1.165, 1.54) is 63.9 Å². The Balaban J connectivity index is 0.000000139. The zero-order valence-electron chi connectivity index (χ0n) is 53.7. The molecular formula is C70H81N3O4S6Si6. The molecule has 7 nitrogen and oxygen atoms in total. The first kappa shape index (κ1) is 66.5. The van der Waals surface area contributed by atoms with Crippen molar-refractivity contribution >= 4 is 224 Å². The average Bonchev–Trinajstić information content (AvgIpc) is 1.61. The van der Waals surface area contributed by atoms with Crippen molar-refractivity contribution in [3.63, 3.8) is 0 Å². The van der Waals surface area contributed by atoms with Gasteiger partial charge in [0.05, 0.1) is 88.0 Å². The molecule has 0 fully saturated rings. The third kappa shape index (κ3) is 13.3. The van der Waals surface area contributed by atoms with E-state index in [1.807, 2.05) is 93.9 Å². The Morgan fingerprint density at radius 1 is 0.404 bits per heavy atom. The van der Waals surface area contributed by atoms with Crippen LogP contribution in [0, 0.1) is 0 Å². The van der Waals surface area contributed by atoms with Gasteiger partial charge in [0.2, 0.25) is 17.5 Å². The quantitative estimate of drug-likeness (QED) is 0.0877. The van der Waals surface area contributed by atoms with Crippen molar-refractivity contribution in [3.8, 4) is 32.6 Å². The Morgan fingerprint density at radius 3 is 1.16 bits per heavy atom. The van der Waals surface area contributed by atoms with Crippen LogP contribution in [0.5, 0.6) is 0 Å². The number of hydrogen-bond acceptors (Lipinski definition) is 12. The molecule has 0 aliphatic heterocycles. The summed E-state index contributed by atoms with van der Waals surface area (Å²) in [4.78, 5) is 50.8. The van der Waals surface area contributed by atoms with E-state index >= 15 is 0 Å². The molecule has 1 N–H and O–H groups in total. The van der Waals surface area contributed by atoms with E-state index in [9.17, 15) is 14.4 Å². The van der Waals surface area contributed by atoms with Crippen LogP contribution in [0.1, 0.15) is 38.5 Å². The number of carbonyl (C=O) groups is 3. The van der Waals surface area contributed by atoms with Gasteiger partial charge in [0, 0.05) is 49.4 Å². The van der Waals surface area contributed by atoms with E-state index in [2.05, 4.69) is 190 Å². The maximum absolute atomic E-state index is 12.5. The molecule has 0 unspecified atom stereocenters. The van der Waals surface area contributed by atoms with Crippen LogP contribution in [0.15, 0.2) is 132 Å². The summed E-state index contributed by atoms with van der Waals surface area (Å²) in [6.45, 7) is 42.8. The lowest BCUT2D eigenvalue weighted by molar-refractivity contribution is 0.0816. The predicted octanol–water partition coefficient (Wildman–Crippen LogP) is 19.8. The molecule has 89 heavy (non-hydrogen) atoms. The summed E-state index contributed by atoms with van der Waals surface area (Å²) in [5, 5.41) is 5.20. The molecule has 8 aromatic heterocycles. The van der Waals surface area contributed by atoms with Crippen LogP contribution in [0.2, 0.25) is 118 Å². The summed E-state index contributed by atoms with van der Waals surface area (Å²) in [7, 11) is -8.54. The van der Waals surface area contributed by atoms with E-state index < -0.39 is 48.4 Å². The minimum absolute atomic E-state index is 0. The predicted molar refractivity (Wildman–Crippen MR) is 415 cm³/mol. The fourth-order valence-corrected chi connectivity index (χ4v) is 28.9. The highest BCUT2D eigenvalue weighted by Crippen LogP contribution is 2.45. The molecule has 0 radical (unpaired) electrons. The van der Waals surface area contributed by atoms with Gasteiger partial charge in [0.1, 0.15) is 17.6 Å². The lowest BCUT2D eigenvalue weighted by atomic mass is 9.96. The number of carbonyl (C=O) groups excluding carboxylic acids is 3. The smallest absolute Gasteiger partial charge is 0.235 e. The first-order valence-corrected chi connectivity index (χ1v) is 55.8. The zero-order valence-corrected chi connectivity index (χ0v) is 64.6. The number of hydrogen-bond donors (Lipinski definition) is 1. The standard InChI is InChI=1S/C23H26N2S2Si2.C23H25NOS2Si2.C16H20O2S2Si2.C7H6O.CH4/c2*1-28(2,3)17-12-15-19-20(25-23(24-19)14-10-8-7-9-11-14)16-13-18(29(4,5)6)27-22(16)21(15)26-17;1-21(2,3)11-7-9-13(17)14(18)10-8-12(22(4,5)6)20-16(10)15(9)19-11;8-6-7-4-2-1-3-5-7;/h7-13H,1-6H3,(H,24,25);7-13H,1-6H3;7-8H,1-6H3;1-6H;1H4. The van der Waals surface area contributed by atoms with Gasteiger partial charge in [0.25, 0.3) is 0 Å². The molecule has 19 heteroatoms. The fraction of sp³-hybridized carbons (Fsp3) is 0.271. The summed E-state index contributed by atoms with van der Waals surface area (Å²) < 4.78 is 20.9. The topological polar surface area (TPSA) is 106 Å². The van der Waals surface area contributed by atoms with Gasteiger partial charge in [-0.05, 0) is 75.5 Å². The minimum Gasteiger partial charge on any atom is -0.435 e. The van der Waals surface area contributed by atoms with E-state index in [1.54, 1.807) is 43.8 Å². The number of benzene rings is 5. The molecule has 0 saturated heterocycles. The van der Waals surface area contributed by atoms with Gasteiger partial charge in [-0.25, -0.2) is 9.97 Å². The third-order valence-corrected chi connectivity index (χ3v) is 44.3. The van der Waals surface area contributed by atoms with Crippen LogP contribution in [0.4, 0.5) is 0 Å². The Bertz CT molecular complexity index is 4360. The Kier molecular flexibility index (Phi) is 18.4. The SMILES string of the molecule is C.C[Si](C)(C)c1cc2c(s1)-c1sc([Si](C)(C)C)cc1C(=O)C2=O.C[Si](C)(C)c1cc2c3nc(-c4ccccc4)[nH]c3c3cc([Si](C)(C)C)sc3c2s1.C[Si](C)(C)c1cc2c3nc(-c4ccccc4)oc3c3cc([Si](C)(C)C)sc3c2s1.O=Cc1ccccc1. The van der Waals surface area contributed by atoms with Crippen LogP contribution in [-0.2, 0) is 0 Å². The molecule has 0 amide bonds. The number of nitrogens with zero attached hydrogens (tertiary/aromatic N) is 2. The molecule has 14 rings (SSSR count). The van der Waals surface area contributed by atoms with Crippen molar-refractivity contribution in [2.24, 2.45) is 0 Å². The lowest BCUT2D eigenvalue weighted by Crippen LogP contribution is -2.35. The van der Waals surface area contributed by atoms with Gasteiger partial charge in [-0.3, -0.25) is 14.4 Å². The molecule has 13 aromatic rings. The van der Waals surface area contributed by atoms with Crippen LogP contribution >= 0.6 is 68.0 Å². The second-order valence-corrected chi connectivity index (χ2v) is 67.8. The maximum atomic E-state index is 12.5. The van der Waals surface area contributed by atoms with E-state index in [0.717, 1.165) is 61.1 Å². The molecule has 0 bridgehead atoms. The number of aromatic amines is 1. The van der Waals surface area contributed by atoms with Crippen molar-refractivity contribution in [1.29, 1.82) is 0 Å². The van der Waals surface area contributed by atoms with E-state index in [-0.39, 0.29) is 19.0 Å². The van der Waals surface area contributed by atoms with Gasteiger partial charge < -0.3 is 9.40 Å². The van der Waals surface area contributed by atoms with Crippen molar-refractivity contribution in [1.82, 2.24) is 15.0 Å². The van der Waals surface area contributed by atoms with Crippen LogP contribution in [0.3, 0.4) is 0 Å². The zero-order chi connectivity index (χ0) is 63.4. The number of H-pyrrole nitrogens is 1. The highest BCUT2D eigenvalue weighted by molar-refractivity contribution is 7.39. The number of rotatable bonds is 9. The van der Waals surface area contributed by atoms with E-state index in [4.69, 9.17) is 14.4 Å². The number of aldehydes is 1. The van der Waals surface area contributed by atoms with Crippen molar-refractivity contribution in [2.45, 2.75) is 125 Å². The van der Waals surface area contributed by atoms with Crippen LogP contribution < -0.4 is 27.0 Å². The number of thiophene rings is 6. The normalized spacial score (nSPS) is 13.1. The van der Waals surface area contributed by atoms with Crippen LogP contribution in [0.25, 0.3) is 95.1 Å². The Morgan fingerprint density at radius 2 is 0.753 bits per heavy atom. The second-order valence-electron chi connectivity index (χ2n) is 29.0. The number of oxazole rings is 1. The number of fused-ring (bicyclic) bond motifs is 15. The fourth-order valence-electron chi connectivity index (χ4n) is 10.3. The Hall–Kier alpha value is -5.41. The number of ketones is 2. The summed E-state index contributed by atoms with van der Waals surface area (Å²) in [5.74, 6) is 1.05. The van der Waals surface area contributed by atoms with Crippen molar-refractivity contribution < 1.29 is 18.8 Å². The van der Waals surface area contributed by atoms with Gasteiger partial charge in [0.15, 0.2) is 5.58 Å². The number of nitrogens with one attached hydrogen (secondary N) is 1. The Labute approximate surface area is 554 Å². The average molecular weight is 1390 g/mol. The highest BCUT2D eigenvalue weighted by atomic mass is 32.1. The molecule has 8 heterocycles. The molecule has 0 spiro atoms. The molecular weight excluding hydrogens is 1310 g/mol. The van der Waals surface area contributed by atoms with Crippen molar-refractivity contribution in [2.75, 3.05) is 0 Å². The second kappa shape index (κ2) is 24.6. The number of Topliss-reactive ketones (excluding diaryl/α,β-unsaturated/α-hetero) is 2. The molecule has 460 valence electrons. The van der Waals surface area contributed by atoms with Crippen molar-refractivity contribution in [3.05, 3.63) is 144 Å². The van der Waals surface area contributed by atoms with E-state index in [0.29, 0.717) is 11.1 Å². The summed E-state index contributed by atoms with van der Waals surface area (Å²) >= 11 is 11.4. The largest absolute Gasteiger partial charge is 0.435 e. The van der Waals surface area contributed by atoms with Crippen LogP contribution in [-0.4, -0.2) is 81.2 Å². The summed E-state index contributed by atoms with van der Waals surface area (Å²) in [5.41, 5.74) is 8.50. The molecule has 1 aliphatic carbocycles. The monoisotopic (exact) mass is 1390 g/mol. The minimum atomic E-state index is -1.48. The number of imidazole rings is 1. The third-order valence-electron chi connectivity index (χ3n) is 15.5. The first-order valence-electron chi connectivity index (χ1n) is 29.9. The van der Waals surface area contributed by atoms with Gasteiger partial charge in [-0.2, -0.15) is 0 Å². The molecule has 0 saturated carbocycles. The van der Waals surface area contributed by atoms with Gasteiger partial charge in [-0.15, -0.1) is 68.0 Å². The molecule has 1 aliphatic rings.